The van der Waals surface area contributed by atoms with Gasteiger partial charge in [0.05, 0.1) is 11.9 Å². The maximum atomic E-state index is 13.8. The highest BCUT2D eigenvalue weighted by Gasteiger charge is 2.73. The van der Waals surface area contributed by atoms with Crippen LogP contribution < -0.4 is 9.64 Å². The van der Waals surface area contributed by atoms with Gasteiger partial charge < -0.3 is 9.84 Å². The fourth-order valence-electron chi connectivity index (χ4n) is 4.84. The molecule has 3 atom stereocenters. The Kier molecular flexibility index (Phi) is 4.92. The predicted octanol–water partition coefficient (Wildman–Crippen LogP) is 5.01. The first-order chi connectivity index (χ1) is 15.7. The van der Waals surface area contributed by atoms with Crippen LogP contribution in [0.4, 0.5) is 10.1 Å². The number of aromatic hydroxyl groups is 1. The highest BCUT2D eigenvalue weighted by molar-refractivity contribution is 6.58. The zero-order chi connectivity index (χ0) is 23.5. The molecule has 1 N–H and O–H groups in total. The molecular formula is C25H18Cl2FNO4. The molecule has 168 valence electrons. The van der Waals surface area contributed by atoms with Crippen molar-refractivity contribution in [2.75, 3.05) is 4.90 Å². The van der Waals surface area contributed by atoms with Gasteiger partial charge in [0.15, 0.2) is 9.75 Å². The molecule has 0 bridgehead atoms. The average Bonchev–Trinajstić information content (AvgIpc) is 2.96. The maximum absolute atomic E-state index is 13.8. The number of fused-ring (bicyclic) bond motifs is 2. The number of carbonyl (C=O) groups excluding carboxylic acids is 2. The Labute approximate surface area is 199 Å². The van der Waals surface area contributed by atoms with E-state index in [0.717, 1.165) is 17.0 Å². The van der Waals surface area contributed by atoms with Gasteiger partial charge in [-0.25, -0.2) is 9.29 Å². The molecule has 2 aliphatic heterocycles. The number of carbonyl (C=O) groups is 2. The molecule has 2 aromatic carbocycles. The SMILES string of the molecule is C=CC1=CC[C@@]2(Cl)C(=O)N(c3ccc(F)cc3)C(=O)[C@@]2(Cl)[C@H]1C1=COc2ccc(O)cc2C1. The number of hydrogen-bond acceptors (Lipinski definition) is 4. The molecule has 0 aromatic heterocycles. The standard InChI is InChI=1S/C25H18Cl2FNO4/c1-2-14-9-10-24(26)22(31)29(18-5-3-17(28)4-6-18)23(32)25(24,27)21(14)16-11-15-12-19(30)7-8-20(15)33-13-16/h2-9,12-13,21,30H,1,10-11H2/t21-,24-,25+/m1/s1. The number of halogens is 3. The van der Waals surface area contributed by atoms with Gasteiger partial charge >= 0.3 is 0 Å². The van der Waals surface area contributed by atoms with Crippen LogP contribution in [0.2, 0.25) is 0 Å². The van der Waals surface area contributed by atoms with Crippen LogP contribution in [0.1, 0.15) is 12.0 Å². The molecule has 2 amide bonds. The predicted molar refractivity (Wildman–Crippen MR) is 123 cm³/mol. The minimum absolute atomic E-state index is 0.0175. The molecule has 8 heteroatoms. The number of imide groups is 1. The van der Waals surface area contributed by atoms with E-state index in [1.54, 1.807) is 24.3 Å². The van der Waals surface area contributed by atoms with E-state index in [9.17, 15) is 19.1 Å². The summed E-state index contributed by atoms with van der Waals surface area (Å²) in [4.78, 5) is 24.6. The molecule has 0 radical (unpaired) electrons. The zero-order valence-corrected chi connectivity index (χ0v) is 18.7. The fourth-order valence-corrected chi connectivity index (χ4v) is 5.70. The maximum Gasteiger partial charge on any atom is 0.258 e. The Morgan fingerprint density at radius 1 is 1.15 bits per heavy atom. The second-order valence-corrected chi connectivity index (χ2v) is 9.50. The highest BCUT2D eigenvalue weighted by atomic mass is 35.5. The smallest absolute Gasteiger partial charge is 0.258 e. The van der Waals surface area contributed by atoms with Crippen molar-refractivity contribution in [3.63, 3.8) is 0 Å². The minimum Gasteiger partial charge on any atom is -0.508 e. The quantitative estimate of drug-likeness (QED) is 0.490. The summed E-state index contributed by atoms with van der Waals surface area (Å²) in [5.41, 5.74) is 2.14. The number of phenolic OH excluding ortho intramolecular Hbond substituents is 1. The van der Waals surface area contributed by atoms with Crippen LogP contribution in [0, 0.1) is 11.7 Å². The number of nitrogens with zero attached hydrogens (tertiary/aromatic N) is 1. The summed E-state index contributed by atoms with van der Waals surface area (Å²) in [6.07, 6.45) is 5.18. The molecule has 2 heterocycles. The number of benzene rings is 2. The van der Waals surface area contributed by atoms with Crippen molar-refractivity contribution < 1.29 is 23.8 Å². The Bertz CT molecular complexity index is 1270. The highest BCUT2D eigenvalue weighted by Crippen LogP contribution is 2.59. The number of rotatable bonds is 3. The third kappa shape index (κ3) is 2.97. The van der Waals surface area contributed by atoms with E-state index in [2.05, 4.69) is 6.58 Å². The van der Waals surface area contributed by atoms with Gasteiger partial charge in [-0.3, -0.25) is 9.59 Å². The molecule has 5 nitrogen and oxygen atoms in total. The summed E-state index contributed by atoms with van der Waals surface area (Å²) >= 11 is 14.0. The summed E-state index contributed by atoms with van der Waals surface area (Å²) in [6, 6.07) is 9.72. The normalized spacial score (nSPS) is 28.5. The van der Waals surface area contributed by atoms with Crippen LogP contribution in [0.5, 0.6) is 11.5 Å². The first-order valence-electron chi connectivity index (χ1n) is 10.2. The van der Waals surface area contributed by atoms with Gasteiger partial charge in [-0.15, -0.1) is 23.2 Å². The van der Waals surface area contributed by atoms with E-state index in [0.29, 0.717) is 28.9 Å². The van der Waals surface area contributed by atoms with E-state index >= 15 is 0 Å². The van der Waals surface area contributed by atoms with Crippen molar-refractivity contribution in [2.24, 2.45) is 5.92 Å². The molecule has 1 aliphatic carbocycles. The molecule has 3 aliphatic rings. The zero-order valence-electron chi connectivity index (χ0n) is 17.2. The van der Waals surface area contributed by atoms with E-state index < -0.39 is 33.3 Å². The second-order valence-electron chi connectivity index (χ2n) is 8.26. The van der Waals surface area contributed by atoms with Crippen molar-refractivity contribution in [3.05, 3.63) is 90.0 Å². The lowest BCUT2D eigenvalue weighted by molar-refractivity contribution is -0.122. The van der Waals surface area contributed by atoms with Gasteiger partial charge in [0.1, 0.15) is 17.3 Å². The Morgan fingerprint density at radius 3 is 2.58 bits per heavy atom. The Balaban J connectivity index is 1.63. The molecule has 0 unspecified atom stereocenters. The minimum atomic E-state index is -1.87. The Morgan fingerprint density at radius 2 is 1.88 bits per heavy atom. The molecule has 5 rings (SSSR count). The lowest BCUT2D eigenvalue weighted by atomic mass is 9.67. The molecule has 0 saturated carbocycles. The Hall–Kier alpha value is -3.09. The number of phenols is 1. The van der Waals surface area contributed by atoms with Crippen LogP contribution in [0.15, 0.2) is 78.6 Å². The molecule has 0 spiro atoms. The summed E-state index contributed by atoms with van der Waals surface area (Å²) in [7, 11) is 0. The number of hydrogen-bond donors (Lipinski definition) is 1. The number of allylic oxidation sites excluding steroid dienone is 4. The summed E-state index contributed by atoms with van der Waals surface area (Å²) < 4.78 is 19.2. The molecule has 1 saturated heterocycles. The second kappa shape index (κ2) is 7.47. The third-order valence-electron chi connectivity index (χ3n) is 6.45. The monoisotopic (exact) mass is 485 g/mol. The first kappa shape index (κ1) is 21.7. The van der Waals surface area contributed by atoms with Crippen molar-refractivity contribution >= 4 is 40.7 Å². The average molecular weight is 486 g/mol. The van der Waals surface area contributed by atoms with Gasteiger partial charge in [0.25, 0.3) is 11.8 Å². The van der Waals surface area contributed by atoms with Crippen molar-refractivity contribution in [1.29, 1.82) is 0 Å². The van der Waals surface area contributed by atoms with Gasteiger partial charge in [-0.1, -0.05) is 18.7 Å². The lowest BCUT2D eigenvalue weighted by Gasteiger charge is -2.43. The van der Waals surface area contributed by atoms with E-state index in [-0.39, 0.29) is 17.9 Å². The van der Waals surface area contributed by atoms with Crippen LogP contribution in [-0.2, 0) is 16.0 Å². The fraction of sp³-hybridized carbons (Fsp3) is 0.200. The molecule has 2 aromatic rings. The first-order valence-corrected chi connectivity index (χ1v) is 11.0. The lowest BCUT2D eigenvalue weighted by Crippen LogP contribution is -2.56. The topological polar surface area (TPSA) is 66.8 Å². The van der Waals surface area contributed by atoms with Gasteiger partial charge in [-0.05, 0) is 60.0 Å². The summed E-state index contributed by atoms with van der Waals surface area (Å²) in [6.45, 7) is 3.86. The van der Waals surface area contributed by atoms with Crippen molar-refractivity contribution in [2.45, 2.75) is 22.6 Å². The van der Waals surface area contributed by atoms with E-state index in [1.807, 2.05) is 0 Å². The third-order valence-corrected chi connectivity index (χ3v) is 7.86. The number of anilines is 1. The van der Waals surface area contributed by atoms with E-state index in [1.165, 1.54) is 24.5 Å². The van der Waals surface area contributed by atoms with Gasteiger partial charge in [-0.2, -0.15) is 0 Å². The number of alkyl halides is 2. The largest absolute Gasteiger partial charge is 0.508 e. The summed E-state index contributed by atoms with van der Waals surface area (Å²) in [5, 5.41) is 9.90. The number of ether oxygens (including phenoxy) is 1. The van der Waals surface area contributed by atoms with Gasteiger partial charge in [0, 0.05) is 17.9 Å². The summed E-state index contributed by atoms with van der Waals surface area (Å²) in [5.74, 6) is -2.05. The van der Waals surface area contributed by atoms with E-state index in [4.69, 9.17) is 27.9 Å². The van der Waals surface area contributed by atoms with Gasteiger partial charge in [0.2, 0.25) is 0 Å². The van der Waals surface area contributed by atoms with Crippen LogP contribution in [-0.4, -0.2) is 26.7 Å². The van der Waals surface area contributed by atoms with Crippen molar-refractivity contribution in [1.82, 2.24) is 0 Å². The molecule has 1 fully saturated rings. The van der Waals surface area contributed by atoms with Crippen LogP contribution >= 0.6 is 23.2 Å². The van der Waals surface area contributed by atoms with Crippen LogP contribution in [0.3, 0.4) is 0 Å². The van der Waals surface area contributed by atoms with Crippen molar-refractivity contribution in [3.8, 4) is 11.5 Å². The molecule has 33 heavy (non-hydrogen) atoms. The van der Waals surface area contributed by atoms with Crippen LogP contribution in [0.25, 0.3) is 0 Å². The number of amides is 2. The molecular weight excluding hydrogens is 468 g/mol.